The first-order chi connectivity index (χ1) is 11.6. The predicted molar refractivity (Wildman–Crippen MR) is 98.7 cm³/mol. The molecule has 5 heteroatoms. The maximum Gasteiger partial charge on any atom is 0.251 e. The van der Waals surface area contributed by atoms with Gasteiger partial charge in [-0.2, -0.15) is 0 Å². The molecule has 1 aliphatic rings. The van der Waals surface area contributed by atoms with Gasteiger partial charge in [-0.25, -0.2) is 0 Å². The largest absolute Gasteiger partial charge is 0.349 e. The SMILES string of the molecule is O=C(NC1CCN(Cc2c(Cl)cccc2Cl)CC1)c1ccccc1. The number of nitrogens with one attached hydrogen (secondary N) is 1. The summed E-state index contributed by atoms with van der Waals surface area (Å²) in [7, 11) is 0. The Balaban J connectivity index is 1.52. The van der Waals surface area contributed by atoms with Gasteiger partial charge in [0.05, 0.1) is 0 Å². The van der Waals surface area contributed by atoms with Crippen LogP contribution in [-0.4, -0.2) is 29.9 Å². The summed E-state index contributed by atoms with van der Waals surface area (Å²) in [4.78, 5) is 14.5. The summed E-state index contributed by atoms with van der Waals surface area (Å²) < 4.78 is 0. The number of hydrogen-bond donors (Lipinski definition) is 1. The molecule has 3 nitrogen and oxygen atoms in total. The summed E-state index contributed by atoms with van der Waals surface area (Å²) in [6.45, 7) is 2.58. The summed E-state index contributed by atoms with van der Waals surface area (Å²) in [5, 5.41) is 4.54. The van der Waals surface area contributed by atoms with Crippen LogP contribution in [0.15, 0.2) is 48.5 Å². The van der Waals surface area contributed by atoms with Crippen molar-refractivity contribution in [1.82, 2.24) is 10.2 Å². The van der Waals surface area contributed by atoms with Gasteiger partial charge < -0.3 is 5.32 Å². The second-order valence-electron chi connectivity index (χ2n) is 6.09. The Morgan fingerprint density at radius 3 is 2.25 bits per heavy atom. The van der Waals surface area contributed by atoms with Crippen molar-refractivity contribution in [2.24, 2.45) is 0 Å². The van der Waals surface area contributed by atoms with Gasteiger partial charge in [0, 0.05) is 46.8 Å². The van der Waals surface area contributed by atoms with E-state index in [-0.39, 0.29) is 11.9 Å². The number of nitrogens with zero attached hydrogens (tertiary/aromatic N) is 1. The van der Waals surface area contributed by atoms with E-state index >= 15 is 0 Å². The normalized spacial score (nSPS) is 16.1. The first-order valence-corrected chi connectivity index (χ1v) is 8.90. The van der Waals surface area contributed by atoms with Crippen LogP contribution in [0.25, 0.3) is 0 Å². The molecule has 0 aliphatic carbocycles. The van der Waals surface area contributed by atoms with Crippen molar-refractivity contribution in [2.45, 2.75) is 25.4 Å². The Kier molecular flexibility index (Phi) is 5.77. The van der Waals surface area contributed by atoms with Crippen molar-refractivity contribution < 1.29 is 4.79 Å². The van der Waals surface area contributed by atoms with Crippen molar-refractivity contribution in [3.05, 3.63) is 69.7 Å². The molecule has 1 heterocycles. The maximum atomic E-state index is 12.2. The van der Waals surface area contributed by atoms with Crippen molar-refractivity contribution >= 4 is 29.1 Å². The highest BCUT2D eigenvalue weighted by Gasteiger charge is 2.22. The molecule has 2 aromatic rings. The molecule has 1 saturated heterocycles. The monoisotopic (exact) mass is 362 g/mol. The minimum Gasteiger partial charge on any atom is -0.349 e. The third-order valence-corrected chi connectivity index (χ3v) is 5.11. The van der Waals surface area contributed by atoms with Crippen molar-refractivity contribution in [3.8, 4) is 0 Å². The fourth-order valence-corrected chi connectivity index (χ4v) is 3.52. The fraction of sp³-hybridized carbons (Fsp3) is 0.316. The van der Waals surface area contributed by atoms with Gasteiger partial charge in [0.2, 0.25) is 0 Å². The molecule has 3 rings (SSSR count). The molecular formula is C19H20Cl2N2O. The van der Waals surface area contributed by atoms with Crippen LogP contribution in [0.3, 0.4) is 0 Å². The molecule has 0 bridgehead atoms. The number of halogens is 2. The summed E-state index contributed by atoms with van der Waals surface area (Å²) in [6, 6.07) is 15.2. The number of benzene rings is 2. The van der Waals surface area contributed by atoms with Gasteiger partial charge in [-0.15, -0.1) is 0 Å². The Labute approximate surface area is 152 Å². The predicted octanol–water partition coefficient (Wildman–Crippen LogP) is 4.39. The smallest absolute Gasteiger partial charge is 0.251 e. The van der Waals surface area contributed by atoms with E-state index in [1.807, 2.05) is 48.5 Å². The lowest BCUT2D eigenvalue weighted by atomic mass is 10.0. The lowest BCUT2D eigenvalue weighted by Crippen LogP contribution is -2.44. The second kappa shape index (κ2) is 8.02. The Morgan fingerprint density at radius 2 is 1.62 bits per heavy atom. The van der Waals surface area contributed by atoms with Crippen LogP contribution >= 0.6 is 23.2 Å². The number of carbonyl (C=O) groups excluding carboxylic acids is 1. The standard InChI is InChI=1S/C19H20Cl2N2O/c20-17-7-4-8-18(21)16(17)13-23-11-9-15(10-12-23)22-19(24)14-5-2-1-3-6-14/h1-8,15H,9-13H2,(H,22,24). The van der Waals surface area contributed by atoms with Crippen LogP contribution in [0.2, 0.25) is 10.0 Å². The molecule has 1 N–H and O–H groups in total. The number of hydrogen-bond acceptors (Lipinski definition) is 2. The minimum atomic E-state index is 0.00296. The molecule has 0 aromatic heterocycles. The van der Waals surface area contributed by atoms with E-state index in [2.05, 4.69) is 10.2 Å². The summed E-state index contributed by atoms with van der Waals surface area (Å²) in [5.41, 5.74) is 1.69. The van der Waals surface area contributed by atoms with Crippen LogP contribution < -0.4 is 5.32 Å². The Bertz CT molecular complexity index is 678. The van der Waals surface area contributed by atoms with Crippen molar-refractivity contribution in [3.63, 3.8) is 0 Å². The molecule has 0 radical (unpaired) electrons. The highest BCUT2D eigenvalue weighted by Crippen LogP contribution is 2.26. The van der Waals surface area contributed by atoms with Crippen LogP contribution in [0.4, 0.5) is 0 Å². The maximum absolute atomic E-state index is 12.2. The average molecular weight is 363 g/mol. The van der Waals surface area contributed by atoms with E-state index in [0.29, 0.717) is 15.6 Å². The van der Waals surface area contributed by atoms with Gasteiger partial charge in [0.1, 0.15) is 0 Å². The third-order valence-electron chi connectivity index (χ3n) is 4.40. The molecule has 126 valence electrons. The Morgan fingerprint density at radius 1 is 1.00 bits per heavy atom. The summed E-state index contributed by atoms with van der Waals surface area (Å²) in [6.07, 6.45) is 1.86. The van der Waals surface area contributed by atoms with E-state index in [9.17, 15) is 4.79 Å². The number of rotatable bonds is 4. The van der Waals surface area contributed by atoms with Crippen molar-refractivity contribution in [1.29, 1.82) is 0 Å². The number of piperidine rings is 1. The lowest BCUT2D eigenvalue weighted by Gasteiger charge is -2.32. The molecule has 0 unspecified atom stereocenters. The van der Waals surface area contributed by atoms with Gasteiger partial charge >= 0.3 is 0 Å². The summed E-state index contributed by atoms with van der Waals surface area (Å²) in [5.74, 6) is 0.00296. The molecule has 0 saturated carbocycles. The van der Waals surface area contributed by atoms with Gasteiger partial charge in [-0.3, -0.25) is 9.69 Å². The van der Waals surface area contributed by atoms with E-state index < -0.39 is 0 Å². The van der Waals surface area contributed by atoms with Gasteiger partial charge in [-0.1, -0.05) is 47.5 Å². The van der Waals surface area contributed by atoms with E-state index in [1.54, 1.807) is 0 Å². The molecule has 1 amide bonds. The lowest BCUT2D eigenvalue weighted by molar-refractivity contribution is 0.0909. The first-order valence-electron chi connectivity index (χ1n) is 8.14. The van der Waals surface area contributed by atoms with Gasteiger partial charge in [0.15, 0.2) is 0 Å². The van der Waals surface area contributed by atoms with E-state index in [1.165, 1.54) is 0 Å². The van der Waals surface area contributed by atoms with Crippen LogP contribution in [0.1, 0.15) is 28.8 Å². The molecule has 24 heavy (non-hydrogen) atoms. The van der Waals surface area contributed by atoms with Gasteiger partial charge in [0.25, 0.3) is 5.91 Å². The van der Waals surface area contributed by atoms with Crippen LogP contribution in [0.5, 0.6) is 0 Å². The third kappa shape index (κ3) is 4.29. The minimum absolute atomic E-state index is 0.00296. The number of amides is 1. The highest BCUT2D eigenvalue weighted by atomic mass is 35.5. The second-order valence-corrected chi connectivity index (χ2v) is 6.90. The number of carbonyl (C=O) groups is 1. The first kappa shape index (κ1) is 17.3. The zero-order valence-corrected chi connectivity index (χ0v) is 14.9. The zero-order chi connectivity index (χ0) is 16.9. The van der Waals surface area contributed by atoms with E-state index in [4.69, 9.17) is 23.2 Å². The zero-order valence-electron chi connectivity index (χ0n) is 13.3. The van der Waals surface area contributed by atoms with E-state index in [0.717, 1.165) is 38.0 Å². The molecule has 0 spiro atoms. The molecule has 0 atom stereocenters. The van der Waals surface area contributed by atoms with Crippen LogP contribution in [0, 0.1) is 0 Å². The van der Waals surface area contributed by atoms with Gasteiger partial charge in [-0.05, 0) is 37.1 Å². The fourth-order valence-electron chi connectivity index (χ4n) is 3.00. The molecular weight excluding hydrogens is 343 g/mol. The summed E-state index contributed by atoms with van der Waals surface area (Å²) >= 11 is 12.5. The quantitative estimate of drug-likeness (QED) is 0.874. The molecule has 1 aliphatic heterocycles. The molecule has 1 fully saturated rings. The topological polar surface area (TPSA) is 32.3 Å². The van der Waals surface area contributed by atoms with Crippen LogP contribution in [-0.2, 0) is 6.54 Å². The highest BCUT2D eigenvalue weighted by molar-refractivity contribution is 6.35. The van der Waals surface area contributed by atoms with Crippen molar-refractivity contribution in [2.75, 3.05) is 13.1 Å². The average Bonchev–Trinajstić information content (AvgIpc) is 2.60. The molecule has 2 aromatic carbocycles. The Hall–Kier alpha value is -1.55. The number of likely N-dealkylation sites (tertiary alicyclic amines) is 1.